The van der Waals surface area contributed by atoms with Crippen LogP contribution in [0.1, 0.15) is 64.9 Å². The fourth-order valence-corrected chi connectivity index (χ4v) is 4.41. The molecule has 1 aromatic carbocycles. The molecule has 1 saturated heterocycles. The summed E-state index contributed by atoms with van der Waals surface area (Å²) >= 11 is 0. The number of quaternary nitrogens is 1. The standard InChI is InChI=1S/C20H30NO2.C3H8/c1-20(17-11-7-8-12-17,16-9-5-4-6-10-16)19(22)23-18-13-14-21(2,3)15-18;1-3-2/h4-6,9-10,17-18H,7-8,11-15H2,1-3H3;3H2,1-2H3/q+1;. The molecular formula is C23H38NO2+. The molecule has 1 aromatic rings. The monoisotopic (exact) mass is 360 g/mol. The second-order valence-electron chi connectivity index (χ2n) is 8.91. The van der Waals surface area contributed by atoms with Crippen LogP contribution < -0.4 is 0 Å². The lowest BCUT2D eigenvalue weighted by atomic mass is 9.71. The van der Waals surface area contributed by atoms with Crippen molar-refractivity contribution in [2.24, 2.45) is 5.92 Å². The van der Waals surface area contributed by atoms with Crippen LogP contribution in [0.2, 0.25) is 0 Å². The Labute approximate surface area is 160 Å². The van der Waals surface area contributed by atoms with E-state index in [1.54, 1.807) is 0 Å². The van der Waals surface area contributed by atoms with Crippen LogP contribution in [-0.2, 0) is 14.9 Å². The smallest absolute Gasteiger partial charge is 0.317 e. The highest BCUT2D eigenvalue weighted by atomic mass is 16.5. The van der Waals surface area contributed by atoms with E-state index in [0.717, 1.165) is 42.4 Å². The Bertz CT molecular complexity index is 563. The first-order valence-electron chi connectivity index (χ1n) is 10.4. The summed E-state index contributed by atoms with van der Waals surface area (Å²) in [6.07, 6.45) is 7.02. The van der Waals surface area contributed by atoms with Crippen molar-refractivity contribution in [3.8, 4) is 0 Å². The Morgan fingerprint density at radius 1 is 1.12 bits per heavy atom. The van der Waals surface area contributed by atoms with Gasteiger partial charge in [-0.05, 0) is 31.2 Å². The Balaban J connectivity index is 0.000000758. The molecule has 2 unspecified atom stereocenters. The van der Waals surface area contributed by atoms with E-state index in [9.17, 15) is 4.79 Å². The SMILES string of the molecule is CC(C(=O)OC1CC[N+](C)(C)C1)(c1ccccc1)C1CCCC1.CCC. The normalized spacial score (nSPS) is 24.4. The zero-order valence-electron chi connectivity index (χ0n) is 17.5. The molecule has 1 heterocycles. The molecule has 1 aliphatic carbocycles. The minimum Gasteiger partial charge on any atom is -0.455 e. The van der Waals surface area contributed by atoms with Crippen molar-refractivity contribution in [1.82, 2.24) is 0 Å². The van der Waals surface area contributed by atoms with Crippen LogP contribution in [0.4, 0.5) is 0 Å². The number of nitrogens with zero attached hydrogens (tertiary/aromatic N) is 1. The molecule has 146 valence electrons. The molecule has 2 fully saturated rings. The fraction of sp³-hybridized carbons (Fsp3) is 0.696. The van der Waals surface area contributed by atoms with Crippen molar-refractivity contribution in [3.63, 3.8) is 0 Å². The van der Waals surface area contributed by atoms with E-state index in [1.165, 1.54) is 19.3 Å². The van der Waals surface area contributed by atoms with Gasteiger partial charge < -0.3 is 9.22 Å². The average molecular weight is 361 g/mol. The number of hydrogen-bond donors (Lipinski definition) is 0. The summed E-state index contributed by atoms with van der Waals surface area (Å²) in [4.78, 5) is 13.2. The van der Waals surface area contributed by atoms with Gasteiger partial charge >= 0.3 is 5.97 Å². The Hall–Kier alpha value is -1.35. The number of carbonyl (C=O) groups is 1. The van der Waals surface area contributed by atoms with E-state index in [-0.39, 0.29) is 12.1 Å². The lowest BCUT2D eigenvalue weighted by molar-refractivity contribution is -0.879. The minimum atomic E-state index is -0.502. The lowest BCUT2D eigenvalue weighted by Crippen LogP contribution is -2.44. The van der Waals surface area contributed by atoms with E-state index in [0.29, 0.717) is 5.92 Å². The molecular weight excluding hydrogens is 322 g/mol. The van der Waals surface area contributed by atoms with Gasteiger partial charge in [-0.3, -0.25) is 4.79 Å². The van der Waals surface area contributed by atoms with Crippen LogP contribution >= 0.6 is 0 Å². The predicted molar refractivity (Wildman–Crippen MR) is 108 cm³/mol. The summed E-state index contributed by atoms with van der Waals surface area (Å²) in [7, 11) is 4.42. The van der Waals surface area contributed by atoms with Crippen molar-refractivity contribution in [3.05, 3.63) is 35.9 Å². The van der Waals surface area contributed by atoms with Gasteiger partial charge in [-0.25, -0.2) is 0 Å². The highest BCUT2D eigenvalue weighted by Gasteiger charge is 2.47. The van der Waals surface area contributed by atoms with E-state index < -0.39 is 5.41 Å². The number of benzene rings is 1. The van der Waals surface area contributed by atoms with Gasteiger partial charge in [0.05, 0.1) is 26.1 Å². The number of hydrogen-bond acceptors (Lipinski definition) is 2. The third-order valence-electron chi connectivity index (χ3n) is 6.00. The maximum absolute atomic E-state index is 13.2. The summed E-state index contributed by atoms with van der Waals surface area (Å²) in [6.45, 7) is 8.38. The molecule has 0 N–H and O–H groups in total. The molecule has 3 heteroatoms. The highest BCUT2D eigenvalue weighted by molar-refractivity contribution is 5.83. The van der Waals surface area contributed by atoms with Crippen molar-refractivity contribution < 1.29 is 14.0 Å². The summed E-state index contributed by atoms with van der Waals surface area (Å²) in [6, 6.07) is 10.3. The molecule has 3 nitrogen and oxygen atoms in total. The third-order valence-corrected chi connectivity index (χ3v) is 6.00. The molecule has 0 aromatic heterocycles. The van der Waals surface area contributed by atoms with Crippen LogP contribution in [0.25, 0.3) is 0 Å². The van der Waals surface area contributed by atoms with Gasteiger partial charge in [0, 0.05) is 6.42 Å². The van der Waals surface area contributed by atoms with Gasteiger partial charge in [-0.2, -0.15) is 0 Å². The summed E-state index contributed by atoms with van der Waals surface area (Å²) < 4.78 is 6.97. The number of rotatable bonds is 4. The van der Waals surface area contributed by atoms with Gasteiger partial charge in [0.1, 0.15) is 6.54 Å². The zero-order chi connectivity index (χ0) is 19.2. The second kappa shape index (κ2) is 9.03. The molecule has 1 aliphatic heterocycles. The quantitative estimate of drug-likeness (QED) is 0.561. The highest BCUT2D eigenvalue weighted by Crippen LogP contribution is 2.43. The van der Waals surface area contributed by atoms with Crippen LogP contribution in [0.15, 0.2) is 30.3 Å². The van der Waals surface area contributed by atoms with E-state index in [2.05, 4.69) is 47.0 Å². The van der Waals surface area contributed by atoms with Crippen molar-refractivity contribution in [1.29, 1.82) is 0 Å². The molecule has 0 amide bonds. The van der Waals surface area contributed by atoms with E-state index in [4.69, 9.17) is 4.74 Å². The van der Waals surface area contributed by atoms with Crippen LogP contribution in [0, 0.1) is 5.92 Å². The first-order chi connectivity index (χ1) is 12.3. The zero-order valence-corrected chi connectivity index (χ0v) is 17.5. The number of carbonyl (C=O) groups excluding carboxylic acids is 1. The Morgan fingerprint density at radius 3 is 2.19 bits per heavy atom. The predicted octanol–water partition coefficient (Wildman–Crippen LogP) is 4.94. The topological polar surface area (TPSA) is 26.3 Å². The van der Waals surface area contributed by atoms with Crippen LogP contribution in [0.5, 0.6) is 0 Å². The number of esters is 1. The van der Waals surface area contributed by atoms with Crippen molar-refractivity contribution in [2.45, 2.75) is 70.8 Å². The third kappa shape index (κ3) is 4.88. The first kappa shape index (κ1) is 21.0. The number of ether oxygens (including phenoxy) is 1. The van der Waals surface area contributed by atoms with E-state index in [1.807, 2.05) is 18.2 Å². The molecule has 0 radical (unpaired) electrons. The fourth-order valence-electron chi connectivity index (χ4n) is 4.41. The lowest BCUT2D eigenvalue weighted by Gasteiger charge is -2.34. The molecule has 2 aliphatic rings. The molecule has 1 saturated carbocycles. The average Bonchev–Trinajstić information content (AvgIpc) is 3.25. The second-order valence-corrected chi connectivity index (χ2v) is 8.91. The maximum atomic E-state index is 13.2. The molecule has 0 spiro atoms. The Kier molecular flexibility index (Phi) is 7.28. The molecule has 26 heavy (non-hydrogen) atoms. The summed E-state index contributed by atoms with van der Waals surface area (Å²) in [5, 5.41) is 0. The van der Waals surface area contributed by atoms with Gasteiger partial charge in [0.25, 0.3) is 0 Å². The molecule has 0 bridgehead atoms. The number of likely N-dealkylation sites (tertiary alicyclic amines) is 1. The van der Waals surface area contributed by atoms with Gasteiger partial charge in [-0.1, -0.05) is 63.4 Å². The van der Waals surface area contributed by atoms with Crippen LogP contribution in [-0.4, -0.2) is 43.7 Å². The van der Waals surface area contributed by atoms with Crippen molar-refractivity contribution >= 4 is 5.97 Å². The maximum Gasteiger partial charge on any atom is 0.317 e. The van der Waals surface area contributed by atoms with Crippen LogP contribution in [0.3, 0.4) is 0 Å². The minimum absolute atomic E-state index is 0.0116. The molecule has 2 atom stereocenters. The summed E-state index contributed by atoms with van der Waals surface area (Å²) in [5.74, 6) is 0.392. The van der Waals surface area contributed by atoms with Gasteiger partial charge in [0.2, 0.25) is 0 Å². The van der Waals surface area contributed by atoms with Crippen molar-refractivity contribution in [2.75, 3.05) is 27.2 Å². The Morgan fingerprint density at radius 2 is 1.69 bits per heavy atom. The first-order valence-corrected chi connectivity index (χ1v) is 10.4. The van der Waals surface area contributed by atoms with E-state index >= 15 is 0 Å². The summed E-state index contributed by atoms with van der Waals surface area (Å²) in [5.41, 5.74) is 0.612. The van der Waals surface area contributed by atoms with Gasteiger partial charge in [-0.15, -0.1) is 0 Å². The largest absolute Gasteiger partial charge is 0.455 e. The number of likely N-dealkylation sites (N-methyl/N-ethyl adjacent to an activating group) is 1. The molecule has 3 rings (SSSR count). The van der Waals surface area contributed by atoms with Gasteiger partial charge in [0.15, 0.2) is 6.10 Å².